The Morgan fingerprint density at radius 1 is 1.03 bits per heavy atom. The Hall–Kier alpha value is -4.24. The second kappa shape index (κ2) is 9.92. The molecule has 9 heteroatoms. The van der Waals surface area contributed by atoms with Crippen LogP contribution in [-0.4, -0.2) is 28.6 Å². The van der Waals surface area contributed by atoms with E-state index < -0.39 is 5.97 Å². The van der Waals surface area contributed by atoms with Gasteiger partial charge in [-0.2, -0.15) is 0 Å². The van der Waals surface area contributed by atoms with Crippen LogP contribution in [0.25, 0.3) is 22.4 Å². The van der Waals surface area contributed by atoms with Gasteiger partial charge in [0.15, 0.2) is 10.9 Å². The van der Waals surface area contributed by atoms with Crippen molar-refractivity contribution in [3.8, 4) is 11.5 Å². The first-order chi connectivity index (χ1) is 16.0. The molecule has 2 heterocycles. The van der Waals surface area contributed by atoms with Crippen molar-refractivity contribution in [1.82, 2.24) is 15.8 Å². The highest BCUT2D eigenvalue weighted by molar-refractivity contribution is 7.80. The van der Waals surface area contributed by atoms with Crippen LogP contribution < -0.4 is 16.2 Å². The maximum atomic E-state index is 12.9. The molecule has 0 aliphatic rings. The molecule has 0 aliphatic heterocycles. The number of hydrogen-bond acceptors (Lipinski definition) is 6. The Kier molecular flexibility index (Phi) is 6.61. The summed E-state index contributed by atoms with van der Waals surface area (Å²) in [5, 5.41) is 3.82. The van der Waals surface area contributed by atoms with Crippen molar-refractivity contribution < 1.29 is 18.7 Å². The summed E-state index contributed by atoms with van der Waals surface area (Å²) in [6, 6.07) is 19.2. The third kappa shape index (κ3) is 5.16. The number of benzene rings is 2. The lowest BCUT2D eigenvalue weighted by Gasteiger charge is -2.13. The predicted octanol–water partition coefficient (Wildman–Crippen LogP) is 4.30. The van der Waals surface area contributed by atoms with Crippen molar-refractivity contribution in [3.05, 3.63) is 84.1 Å². The maximum Gasteiger partial charge on any atom is 0.338 e. The van der Waals surface area contributed by atoms with Gasteiger partial charge in [-0.15, -0.1) is 0 Å². The number of esters is 1. The summed E-state index contributed by atoms with van der Waals surface area (Å²) in [6.45, 7) is 2.06. The Labute approximate surface area is 194 Å². The largest absolute Gasteiger partial charge is 0.463 e. The molecule has 8 nitrogen and oxygen atoms in total. The highest BCUT2D eigenvalue weighted by atomic mass is 32.1. The van der Waals surface area contributed by atoms with Crippen molar-refractivity contribution in [1.29, 1.82) is 0 Å². The molecule has 0 unspecified atom stereocenters. The standard InChI is InChI=1S/C24H20N4O4S/c1-2-31-23(30)15-9-11-16(12-10-15)25-24(33)28-27-22(29)18-14-20(21-8-5-13-32-21)26-19-7-4-3-6-17(18)19/h3-14H,2H2,1H3,(H,27,29)(H2,25,28,33). The average Bonchev–Trinajstić information content (AvgIpc) is 3.37. The number of aromatic nitrogens is 1. The molecule has 0 radical (unpaired) electrons. The summed E-state index contributed by atoms with van der Waals surface area (Å²) in [7, 11) is 0. The van der Waals surface area contributed by atoms with Gasteiger partial charge in [-0.1, -0.05) is 18.2 Å². The van der Waals surface area contributed by atoms with Crippen LogP contribution in [0.1, 0.15) is 27.6 Å². The monoisotopic (exact) mass is 460 g/mol. The number of furan rings is 1. The smallest absolute Gasteiger partial charge is 0.338 e. The summed E-state index contributed by atoms with van der Waals surface area (Å²) in [5.41, 5.74) is 8.01. The number of nitrogens with zero attached hydrogens (tertiary/aromatic N) is 1. The third-order valence-electron chi connectivity index (χ3n) is 4.68. The topological polar surface area (TPSA) is 105 Å². The van der Waals surface area contributed by atoms with Crippen LogP contribution in [0.2, 0.25) is 0 Å². The predicted molar refractivity (Wildman–Crippen MR) is 129 cm³/mol. The van der Waals surface area contributed by atoms with Crippen LogP contribution in [0.15, 0.2) is 77.4 Å². The van der Waals surface area contributed by atoms with E-state index in [0.29, 0.717) is 45.8 Å². The van der Waals surface area contributed by atoms with Gasteiger partial charge >= 0.3 is 5.97 Å². The van der Waals surface area contributed by atoms with Gasteiger partial charge < -0.3 is 14.5 Å². The Balaban J connectivity index is 1.44. The van der Waals surface area contributed by atoms with Gasteiger partial charge in [0.05, 0.1) is 29.5 Å². The third-order valence-corrected chi connectivity index (χ3v) is 4.88. The molecule has 2 aromatic carbocycles. The lowest BCUT2D eigenvalue weighted by atomic mass is 10.1. The number of hydrogen-bond donors (Lipinski definition) is 3. The second-order valence-electron chi connectivity index (χ2n) is 6.88. The summed E-state index contributed by atoms with van der Waals surface area (Å²) >= 11 is 5.26. The van der Waals surface area contributed by atoms with E-state index in [1.807, 2.05) is 24.3 Å². The number of hydrazine groups is 1. The minimum atomic E-state index is -0.393. The van der Waals surface area contributed by atoms with E-state index in [1.54, 1.807) is 55.7 Å². The SMILES string of the molecule is CCOC(=O)c1ccc(NC(=S)NNC(=O)c2cc(-c3ccco3)nc3ccccc23)cc1. The molecule has 33 heavy (non-hydrogen) atoms. The van der Waals surface area contributed by atoms with Crippen LogP contribution in [0, 0.1) is 0 Å². The molecule has 3 N–H and O–H groups in total. The Morgan fingerprint density at radius 2 is 1.82 bits per heavy atom. The molecule has 4 rings (SSSR count). The number of nitrogens with one attached hydrogen (secondary N) is 3. The van der Waals surface area contributed by atoms with E-state index in [4.69, 9.17) is 21.4 Å². The molecule has 0 bridgehead atoms. The van der Waals surface area contributed by atoms with Gasteiger partial charge in [0.25, 0.3) is 5.91 Å². The lowest BCUT2D eigenvalue weighted by molar-refractivity contribution is 0.0526. The fraction of sp³-hybridized carbons (Fsp3) is 0.0833. The average molecular weight is 461 g/mol. The van der Waals surface area contributed by atoms with Crippen molar-refractivity contribution >= 4 is 45.8 Å². The zero-order chi connectivity index (χ0) is 23.2. The summed E-state index contributed by atoms with van der Waals surface area (Å²) in [5.74, 6) is -0.218. The molecule has 166 valence electrons. The number of ether oxygens (including phenoxy) is 1. The summed E-state index contributed by atoms with van der Waals surface area (Å²) < 4.78 is 10.4. The van der Waals surface area contributed by atoms with Crippen LogP contribution >= 0.6 is 12.2 Å². The number of fused-ring (bicyclic) bond motifs is 1. The van der Waals surface area contributed by atoms with E-state index in [-0.39, 0.29) is 11.0 Å². The van der Waals surface area contributed by atoms with Gasteiger partial charge in [-0.25, -0.2) is 9.78 Å². The fourth-order valence-electron chi connectivity index (χ4n) is 3.16. The van der Waals surface area contributed by atoms with Gasteiger partial charge in [-0.3, -0.25) is 15.6 Å². The minimum absolute atomic E-state index is 0.178. The lowest BCUT2D eigenvalue weighted by Crippen LogP contribution is -2.43. The molecule has 0 atom stereocenters. The van der Waals surface area contributed by atoms with Gasteiger partial charge in [-0.05, 0) is 67.7 Å². The van der Waals surface area contributed by atoms with Crippen molar-refractivity contribution in [2.45, 2.75) is 6.92 Å². The van der Waals surface area contributed by atoms with Crippen molar-refractivity contribution in [2.75, 3.05) is 11.9 Å². The minimum Gasteiger partial charge on any atom is -0.463 e. The van der Waals surface area contributed by atoms with E-state index in [1.165, 1.54) is 0 Å². The molecule has 0 aliphatic carbocycles. The van der Waals surface area contributed by atoms with Crippen LogP contribution in [-0.2, 0) is 4.74 Å². The van der Waals surface area contributed by atoms with Gasteiger partial charge in [0.1, 0.15) is 5.69 Å². The molecular weight excluding hydrogens is 440 g/mol. The number of carbonyl (C=O) groups excluding carboxylic acids is 2. The van der Waals surface area contributed by atoms with Gasteiger partial charge in [0.2, 0.25) is 0 Å². The number of thiocarbonyl (C=S) groups is 1. The number of rotatable bonds is 5. The maximum absolute atomic E-state index is 12.9. The number of para-hydroxylation sites is 1. The number of carbonyl (C=O) groups is 2. The molecule has 0 spiro atoms. The van der Waals surface area contributed by atoms with E-state index >= 15 is 0 Å². The van der Waals surface area contributed by atoms with Crippen LogP contribution in [0.4, 0.5) is 5.69 Å². The molecule has 0 saturated carbocycles. The number of pyridine rings is 1. The van der Waals surface area contributed by atoms with E-state index in [2.05, 4.69) is 21.2 Å². The number of amides is 1. The highest BCUT2D eigenvalue weighted by Crippen LogP contribution is 2.25. The normalized spacial score (nSPS) is 10.5. The highest BCUT2D eigenvalue weighted by Gasteiger charge is 2.15. The van der Waals surface area contributed by atoms with Crippen molar-refractivity contribution in [2.24, 2.45) is 0 Å². The first-order valence-corrected chi connectivity index (χ1v) is 10.5. The van der Waals surface area contributed by atoms with Crippen LogP contribution in [0.5, 0.6) is 0 Å². The van der Waals surface area contributed by atoms with Crippen molar-refractivity contribution in [3.63, 3.8) is 0 Å². The quantitative estimate of drug-likeness (QED) is 0.230. The summed E-state index contributed by atoms with van der Waals surface area (Å²) in [6.07, 6.45) is 1.55. The number of anilines is 1. The Morgan fingerprint density at radius 3 is 2.55 bits per heavy atom. The van der Waals surface area contributed by atoms with Gasteiger partial charge in [0, 0.05) is 11.1 Å². The molecule has 1 amide bonds. The van der Waals surface area contributed by atoms with E-state index in [9.17, 15) is 9.59 Å². The molecule has 0 fully saturated rings. The van der Waals surface area contributed by atoms with E-state index in [0.717, 1.165) is 0 Å². The molecule has 0 saturated heterocycles. The zero-order valence-corrected chi connectivity index (χ0v) is 18.4. The second-order valence-corrected chi connectivity index (χ2v) is 7.29. The molecule has 4 aromatic rings. The molecular formula is C24H20N4O4S. The molecule has 2 aromatic heterocycles. The van der Waals surface area contributed by atoms with Crippen LogP contribution in [0.3, 0.4) is 0 Å². The summed E-state index contributed by atoms with van der Waals surface area (Å²) in [4.78, 5) is 29.3. The zero-order valence-electron chi connectivity index (χ0n) is 17.6. The first kappa shape index (κ1) is 22.0. The first-order valence-electron chi connectivity index (χ1n) is 10.1. The fourth-order valence-corrected chi connectivity index (χ4v) is 3.33. The Bertz CT molecular complexity index is 1300.